The molecule has 1 saturated carbocycles. The minimum absolute atomic E-state index is 0.0389. The van der Waals surface area contributed by atoms with Crippen LogP contribution in [0.25, 0.3) is 32.9 Å². The number of benzene rings is 2. The highest BCUT2D eigenvalue weighted by molar-refractivity contribution is 6.23. The first-order valence-electron chi connectivity index (χ1n) is 20.1. The lowest BCUT2D eigenvalue weighted by Gasteiger charge is -2.38. The lowest BCUT2D eigenvalue weighted by atomic mass is 9.92. The quantitative estimate of drug-likeness (QED) is 0.146. The summed E-state index contributed by atoms with van der Waals surface area (Å²) in [7, 11) is 2.08. The van der Waals surface area contributed by atoms with Gasteiger partial charge in [0, 0.05) is 98.9 Å². The molecule has 4 aliphatic rings. The molecule has 1 aliphatic carbocycles. The van der Waals surface area contributed by atoms with Crippen molar-refractivity contribution in [3.8, 4) is 40.3 Å². The fourth-order valence-electron chi connectivity index (χ4n) is 8.31. The van der Waals surface area contributed by atoms with Gasteiger partial charge >= 0.3 is 0 Å². The van der Waals surface area contributed by atoms with E-state index in [-0.39, 0.29) is 42.3 Å². The van der Waals surface area contributed by atoms with Crippen molar-refractivity contribution in [3.63, 3.8) is 0 Å². The summed E-state index contributed by atoms with van der Waals surface area (Å²) in [6.45, 7) is 2.19. The number of pyridine rings is 3. The Labute approximate surface area is 344 Å². The molecule has 60 heavy (non-hydrogen) atoms. The van der Waals surface area contributed by atoms with Crippen molar-refractivity contribution < 1.29 is 33.4 Å². The zero-order chi connectivity index (χ0) is 40.9. The number of carbonyl (C=O) groups excluding carboxylic acids is 4. The number of fused-ring (bicyclic) bond motifs is 4. The maximum absolute atomic E-state index is 13.1. The number of piperidine rings is 1. The molecule has 0 bridgehead atoms. The van der Waals surface area contributed by atoms with E-state index >= 15 is 0 Å². The number of amides is 4. The van der Waals surface area contributed by atoms with Gasteiger partial charge in [-0.3, -0.25) is 39.3 Å². The third-order valence-electron chi connectivity index (χ3n) is 11.7. The van der Waals surface area contributed by atoms with Gasteiger partial charge in [0.05, 0.1) is 22.8 Å². The summed E-state index contributed by atoms with van der Waals surface area (Å²) in [5.41, 5.74) is 5.52. The molecular formula is C46H39N7O7. The fraction of sp³-hybridized carbons (Fsp3) is 0.283. The van der Waals surface area contributed by atoms with Crippen LogP contribution in [0.1, 0.15) is 58.5 Å². The Kier molecular flexibility index (Phi) is 9.45. The second kappa shape index (κ2) is 15.2. The largest absolute Gasteiger partial charge is 0.489 e. The predicted octanol–water partition coefficient (Wildman–Crippen LogP) is 5.08. The van der Waals surface area contributed by atoms with E-state index in [1.165, 1.54) is 5.39 Å². The minimum atomic E-state index is -1.00. The highest BCUT2D eigenvalue weighted by atomic mass is 16.5. The van der Waals surface area contributed by atoms with Gasteiger partial charge in [-0.15, -0.1) is 0 Å². The highest BCUT2D eigenvalue weighted by Gasteiger charge is 2.45. The number of aryl methyl sites for hydroxylation is 1. The molecule has 1 N–H and O–H groups in total. The van der Waals surface area contributed by atoms with E-state index in [0.717, 1.165) is 51.8 Å². The average molecular weight is 802 g/mol. The lowest BCUT2D eigenvalue weighted by molar-refractivity contribution is -0.136. The second-order valence-electron chi connectivity index (χ2n) is 15.6. The molecule has 6 aromatic rings. The van der Waals surface area contributed by atoms with Crippen LogP contribution < -0.4 is 19.5 Å². The lowest BCUT2D eigenvalue weighted by Crippen LogP contribution is -2.54. The minimum Gasteiger partial charge on any atom is -0.489 e. The van der Waals surface area contributed by atoms with Crippen molar-refractivity contribution >= 4 is 45.4 Å². The molecule has 0 radical (unpaired) electrons. The summed E-state index contributed by atoms with van der Waals surface area (Å²) >= 11 is 0. The van der Waals surface area contributed by atoms with Crippen molar-refractivity contribution in [1.29, 1.82) is 0 Å². The monoisotopic (exact) mass is 801 g/mol. The van der Waals surface area contributed by atoms with Crippen LogP contribution in [-0.4, -0.2) is 96.9 Å². The van der Waals surface area contributed by atoms with Gasteiger partial charge in [0.15, 0.2) is 0 Å². The number of carbonyl (C=O) groups is 4. The van der Waals surface area contributed by atoms with Crippen LogP contribution in [0.4, 0.5) is 0 Å². The summed E-state index contributed by atoms with van der Waals surface area (Å²) in [4.78, 5) is 66.5. The molecule has 4 amide bonds. The first kappa shape index (κ1) is 37.2. The first-order chi connectivity index (χ1) is 29.2. The van der Waals surface area contributed by atoms with E-state index < -0.39 is 29.7 Å². The molecule has 1 unspecified atom stereocenters. The molecule has 4 aromatic heterocycles. The number of aromatic nitrogens is 4. The third kappa shape index (κ3) is 7.07. The van der Waals surface area contributed by atoms with E-state index in [1.807, 2.05) is 48.9 Å². The van der Waals surface area contributed by atoms with E-state index in [1.54, 1.807) is 24.4 Å². The second-order valence-corrected chi connectivity index (χ2v) is 15.6. The van der Waals surface area contributed by atoms with E-state index in [0.29, 0.717) is 42.6 Å². The molecule has 1 atom stereocenters. The van der Waals surface area contributed by atoms with Crippen LogP contribution in [0, 0.1) is 11.8 Å². The van der Waals surface area contributed by atoms with Crippen LogP contribution in [0.3, 0.4) is 0 Å². The van der Waals surface area contributed by atoms with Crippen molar-refractivity contribution in [1.82, 2.24) is 34.6 Å². The normalized spacial score (nSPS) is 20.3. The summed E-state index contributed by atoms with van der Waals surface area (Å²) in [5, 5.41) is 4.53. The number of imide groups is 2. The molecule has 300 valence electrons. The van der Waals surface area contributed by atoms with E-state index in [4.69, 9.17) is 14.2 Å². The van der Waals surface area contributed by atoms with Gasteiger partial charge < -0.3 is 18.8 Å². The summed E-state index contributed by atoms with van der Waals surface area (Å²) in [5.74, 6) is 5.96. The zero-order valence-corrected chi connectivity index (χ0v) is 32.7. The Balaban J connectivity index is 0.638. The number of rotatable bonds is 10. The number of likely N-dealkylation sites (tertiary alicyclic amines) is 1. The Morgan fingerprint density at radius 3 is 2.35 bits per heavy atom. The van der Waals surface area contributed by atoms with Crippen LogP contribution in [0.5, 0.6) is 17.4 Å². The van der Waals surface area contributed by atoms with Gasteiger partial charge in [0.25, 0.3) is 11.8 Å². The number of ether oxygens (including phenoxy) is 3. The molecular weight excluding hydrogens is 763 g/mol. The van der Waals surface area contributed by atoms with Gasteiger partial charge in [-0.1, -0.05) is 18.1 Å². The van der Waals surface area contributed by atoms with Crippen molar-refractivity contribution in [3.05, 3.63) is 108 Å². The summed E-state index contributed by atoms with van der Waals surface area (Å²) < 4.78 is 20.5. The third-order valence-corrected chi connectivity index (χ3v) is 11.7. The molecule has 3 fully saturated rings. The van der Waals surface area contributed by atoms with Crippen LogP contribution in [-0.2, 0) is 16.6 Å². The zero-order valence-electron chi connectivity index (χ0n) is 32.7. The van der Waals surface area contributed by atoms with E-state index in [9.17, 15) is 19.2 Å². The van der Waals surface area contributed by atoms with Gasteiger partial charge in [-0.05, 0) is 66.4 Å². The van der Waals surface area contributed by atoms with Gasteiger partial charge in [0.2, 0.25) is 17.7 Å². The molecule has 14 nitrogen and oxygen atoms in total. The molecule has 3 aliphatic heterocycles. The SMILES string of the molecule is Cn1c2ccncc2c2ccc(-c3ccc(OC4CC(Oc5ccc(C#CCCN6CC(Oc7ccc8c(c7)C(=O)N(C7CCC(=O)NC7=O)C8=O)C6)nc5)C4)nc3)cc21. The van der Waals surface area contributed by atoms with E-state index in [2.05, 4.69) is 66.8 Å². The Morgan fingerprint density at radius 1 is 0.750 bits per heavy atom. The van der Waals surface area contributed by atoms with Crippen molar-refractivity contribution in [2.24, 2.45) is 7.05 Å². The number of hydrogen-bond donors (Lipinski definition) is 1. The average Bonchev–Trinajstić information content (AvgIpc) is 3.65. The van der Waals surface area contributed by atoms with Crippen molar-refractivity contribution in [2.75, 3.05) is 19.6 Å². The van der Waals surface area contributed by atoms with Crippen LogP contribution in [0.2, 0.25) is 0 Å². The fourth-order valence-corrected chi connectivity index (χ4v) is 8.31. The standard InChI is InChI=1S/C46H39N7O7/c1-51-39-15-16-47-24-38(39)35-10-5-27(18-41(35)51)28-6-14-43(49-22-28)60-33-19-32(20-33)59-31-8-7-29(48-23-31)4-2-3-17-52-25-34(26-52)58-30-9-11-36-37(21-30)46(57)53(45(36)56)40-12-13-42(54)50-44(40)55/h5-11,14-16,18,21-24,32-34,40H,3,12-13,17,19-20,25-26H2,1H3,(H,50,54,55). The molecule has 2 saturated heterocycles. The Morgan fingerprint density at radius 2 is 1.55 bits per heavy atom. The van der Waals surface area contributed by atoms with Gasteiger partial charge in [0.1, 0.15) is 41.5 Å². The van der Waals surface area contributed by atoms with Gasteiger partial charge in [-0.2, -0.15) is 0 Å². The molecule has 10 rings (SSSR count). The summed E-state index contributed by atoms with van der Waals surface area (Å²) in [6.07, 6.45) is 9.70. The maximum Gasteiger partial charge on any atom is 0.262 e. The van der Waals surface area contributed by atoms with Crippen LogP contribution in [0.15, 0.2) is 91.5 Å². The predicted molar refractivity (Wildman–Crippen MR) is 219 cm³/mol. The summed E-state index contributed by atoms with van der Waals surface area (Å²) in [6, 6.07) is 20.0. The number of hydrogen-bond acceptors (Lipinski definition) is 11. The van der Waals surface area contributed by atoms with Gasteiger partial charge in [-0.25, -0.2) is 9.97 Å². The van der Waals surface area contributed by atoms with Crippen molar-refractivity contribution in [2.45, 2.75) is 56.5 Å². The molecule has 14 heteroatoms. The first-order valence-corrected chi connectivity index (χ1v) is 20.1. The molecule has 7 heterocycles. The Bertz CT molecular complexity index is 2760. The molecule has 2 aromatic carbocycles. The number of nitrogens with zero attached hydrogens (tertiary/aromatic N) is 6. The Hall–Kier alpha value is -7.11. The smallest absolute Gasteiger partial charge is 0.262 e. The maximum atomic E-state index is 13.1. The number of nitrogens with one attached hydrogen (secondary N) is 1. The van der Waals surface area contributed by atoms with Crippen LogP contribution >= 0.6 is 0 Å². The molecule has 0 spiro atoms. The topological polar surface area (TPSA) is 158 Å². The highest BCUT2D eigenvalue weighted by Crippen LogP contribution is 2.34.